The zero-order valence-electron chi connectivity index (χ0n) is 10.8. The number of benzene rings is 1. The van der Waals surface area contributed by atoms with Crippen LogP contribution in [0.4, 0.5) is 0 Å². The van der Waals surface area contributed by atoms with Gasteiger partial charge in [0.25, 0.3) is 0 Å². The fourth-order valence-electron chi connectivity index (χ4n) is 2.21. The SMILES string of the molecule is CC(C(O)c1ccc(C2CCC2)cc1)S(C)(=O)=O. The molecule has 1 aromatic rings. The molecule has 0 heterocycles. The Labute approximate surface area is 109 Å². The molecule has 0 amide bonds. The van der Waals surface area contributed by atoms with Gasteiger partial charge in [-0.3, -0.25) is 0 Å². The first-order chi connectivity index (χ1) is 8.39. The van der Waals surface area contributed by atoms with Crippen LogP contribution in [0.25, 0.3) is 0 Å². The molecule has 0 bridgehead atoms. The molecule has 0 aromatic heterocycles. The van der Waals surface area contributed by atoms with E-state index >= 15 is 0 Å². The summed E-state index contributed by atoms with van der Waals surface area (Å²) < 4.78 is 22.8. The normalized spacial score (nSPS) is 20.2. The fraction of sp³-hybridized carbons (Fsp3) is 0.571. The lowest BCUT2D eigenvalue weighted by molar-refractivity contribution is 0.176. The molecule has 3 nitrogen and oxygen atoms in total. The van der Waals surface area contributed by atoms with Crippen molar-refractivity contribution in [1.82, 2.24) is 0 Å². The Morgan fingerprint density at radius 3 is 2.17 bits per heavy atom. The summed E-state index contributed by atoms with van der Waals surface area (Å²) in [6.45, 7) is 1.54. The van der Waals surface area contributed by atoms with Crippen LogP contribution < -0.4 is 0 Å². The van der Waals surface area contributed by atoms with E-state index in [1.165, 1.54) is 24.8 Å². The molecule has 1 aliphatic rings. The van der Waals surface area contributed by atoms with Gasteiger partial charge in [-0.1, -0.05) is 30.7 Å². The summed E-state index contributed by atoms with van der Waals surface area (Å²) in [6, 6.07) is 7.72. The van der Waals surface area contributed by atoms with Gasteiger partial charge in [-0.2, -0.15) is 0 Å². The first-order valence-corrected chi connectivity index (χ1v) is 8.32. The summed E-state index contributed by atoms with van der Waals surface area (Å²) in [5, 5.41) is 9.27. The van der Waals surface area contributed by atoms with E-state index < -0.39 is 21.2 Å². The van der Waals surface area contributed by atoms with Gasteiger partial charge in [0.2, 0.25) is 0 Å². The van der Waals surface area contributed by atoms with Crippen LogP contribution in [0.3, 0.4) is 0 Å². The van der Waals surface area contributed by atoms with Crippen molar-refractivity contribution in [3.05, 3.63) is 35.4 Å². The number of aliphatic hydroxyl groups is 1. The third kappa shape index (κ3) is 2.75. The van der Waals surface area contributed by atoms with Crippen LogP contribution in [0.1, 0.15) is 49.3 Å². The molecule has 1 N–H and O–H groups in total. The maximum Gasteiger partial charge on any atom is 0.152 e. The summed E-state index contributed by atoms with van der Waals surface area (Å²) >= 11 is 0. The molecule has 0 radical (unpaired) electrons. The molecule has 2 atom stereocenters. The van der Waals surface area contributed by atoms with E-state index in [1.807, 2.05) is 24.3 Å². The van der Waals surface area contributed by atoms with Gasteiger partial charge in [0.1, 0.15) is 0 Å². The maximum absolute atomic E-state index is 11.4. The van der Waals surface area contributed by atoms with Crippen LogP contribution in [-0.4, -0.2) is 25.0 Å². The van der Waals surface area contributed by atoms with Crippen molar-refractivity contribution in [3.8, 4) is 0 Å². The van der Waals surface area contributed by atoms with Crippen LogP contribution in [0.15, 0.2) is 24.3 Å². The van der Waals surface area contributed by atoms with Crippen LogP contribution in [0, 0.1) is 0 Å². The molecule has 4 heteroatoms. The van der Waals surface area contributed by atoms with Crippen molar-refractivity contribution >= 4 is 9.84 Å². The monoisotopic (exact) mass is 268 g/mol. The lowest BCUT2D eigenvalue weighted by Crippen LogP contribution is -2.24. The molecule has 1 aliphatic carbocycles. The summed E-state index contributed by atoms with van der Waals surface area (Å²) in [6.07, 6.45) is 3.98. The molecule has 0 aliphatic heterocycles. The minimum Gasteiger partial charge on any atom is -0.387 e. The van der Waals surface area contributed by atoms with E-state index in [-0.39, 0.29) is 0 Å². The van der Waals surface area contributed by atoms with Gasteiger partial charge < -0.3 is 5.11 Å². The molecular formula is C14H20O3S. The smallest absolute Gasteiger partial charge is 0.152 e. The highest BCUT2D eigenvalue weighted by Gasteiger charge is 2.26. The van der Waals surface area contributed by atoms with Crippen molar-refractivity contribution in [2.75, 3.05) is 6.26 Å². The average molecular weight is 268 g/mol. The highest BCUT2D eigenvalue weighted by atomic mass is 32.2. The second-order valence-electron chi connectivity index (χ2n) is 5.27. The van der Waals surface area contributed by atoms with Crippen molar-refractivity contribution in [1.29, 1.82) is 0 Å². The van der Waals surface area contributed by atoms with Crippen molar-refractivity contribution in [2.24, 2.45) is 0 Å². The van der Waals surface area contributed by atoms with E-state index in [0.717, 1.165) is 6.26 Å². The number of rotatable bonds is 4. The highest BCUT2D eigenvalue weighted by Crippen LogP contribution is 2.36. The summed E-state index contributed by atoms with van der Waals surface area (Å²) in [5.74, 6) is 0.656. The lowest BCUT2D eigenvalue weighted by Gasteiger charge is -2.26. The standard InChI is InChI=1S/C14H20O3S/c1-10(18(2,16)17)14(15)13-8-6-12(7-9-13)11-4-3-5-11/h6-11,14-15H,3-5H2,1-2H3. The highest BCUT2D eigenvalue weighted by molar-refractivity contribution is 7.91. The van der Waals surface area contributed by atoms with Crippen LogP contribution in [0.2, 0.25) is 0 Å². The Hall–Kier alpha value is -0.870. The second-order valence-corrected chi connectivity index (χ2v) is 7.68. The molecule has 2 rings (SSSR count). The zero-order valence-corrected chi connectivity index (χ0v) is 11.7. The van der Waals surface area contributed by atoms with Gasteiger partial charge in [0.05, 0.1) is 11.4 Å². The molecule has 0 spiro atoms. The van der Waals surface area contributed by atoms with Gasteiger partial charge in [-0.05, 0) is 36.8 Å². The van der Waals surface area contributed by atoms with E-state index in [4.69, 9.17) is 0 Å². The Morgan fingerprint density at radius 2 is 1.78 bits per heavy atom. The topological polar surface area (TPSA) is 54.4 Å². The van der Waals surface area contributed by atoms with Crippen molar-refractivity contribution in [2.45, 2.75) is 43.5 Å². The Morgan fingerprint density at radius 1 is 1.22 bits per heavy atom. The second kappa shape index (κ2) is 5.02. The predicted molar refractivity (Wildman–Crippen MR) is 72.3 cm³/mol. The molecule has 1 saturated carbocycles. The molecular weight excluding hydrogens is 248 g/mol. The van der Waals surface area contributed by atoms with Crippen LogP contribution >= 0.6 is 0 Å². The fourth-order valence-corrected chi connectivity index (χ4v) is 2.84. The minimum absolute atomic E-state index is 0.656. The molecule has 2 unspecified atom stereocenters. The largest absolute Gasteiger partial charge is 0.387 e. The molecule has 18 heavy (non-hydrogen) atoms. The quantitative estimate of drug-likeness (QED) is 0.912. The molecule has 100 valence electrons. The number of sulfone groups is 1. The molecule has 1 fully saturated rings. The first-order valence-electron chi connectivity index (χ1n) is 6.36. The van der Waals surface area contributed by atoms with E-state index in [9.17, 15) is 13.5 Å². The number of hydrogen-bond donors (Lipinski definition) is 1. The van der Waals surface area contributed by atoms with Gasteiger partial charge >= 0.3 is 0 Å². The molecule has 1 aromatic carbocycles. The van der Waals surface area contributed by atoms with Crippen LogP contribution in [0.5, 0.6) is 0 Å². The van der Waals surface area contributed by atoms with E-state index in [2.05, 4.69) is 0 Å². The van der Waals surface area contributed by atoms with Gasteiger partial charge in [0.15, 0.2) is 9.84 Å². The summed E-state index contributed by atoms with van der Waals surface area (Å²) in [5.41, 5.74) is 1.97. The number of aliphatic hydroxyl groups excluding tert-OH is 1. The Bertz CT molecular complexity index is 500. The Balaban J connectivity index is 2.13. The maximum atomic E-state index is 11.4. The van der Waals surface area contributed by atoms with Gasteiger partial charge in [-0.15, -0.1) is 0 Å². The van der Waals surface area contributed by atoms with Crippen LogP contribution in [-0.2, 0) is 9.84 Å². The third-order valence-corrected chi connectivity index (χ3v) is 5.58. The molecule has 0 saturated heterocycles. The predicted octanol–water partition coefficient (Wildman–Crippen LogP) is 2.42. The van der Waals surface area contributed by atoms with Crippen molar-refractivity contribution in [3.63, 3.8) is 0 Å². The van der Waals surface area contributed by atoms with E-state index in [0.29, 0.717) is 11.5 Å². The lowest BCUT2D eigenvalue weighted by atomic mass is 9.80. The zero-order chi connectivity index (χ0) is 13.3. The van der Waals surface area contributed by atoms with Crippen molar-refractivity contribution < 1.29 is 13.5 Å². The summed E-state index contributed by atoms with van der Waals surface area (Å²) in [7, 11) is -3.22. The van der Waals surface area contributed by atoms with Gasteiger partial charge in [-0.25, -0.2) is 8.42 Å². The van der Waals surface area contributed by atoms with E-state index in [1.54, 1.807) is 6.92 Å². The average Bonchev–Trinajstić information content (AvgIpc) is 2.24. The van der Waals surface area contributed by atoms with Gasteiger partial charge in [0, 0.05) is 6.26 Å². The Kier molecular flexibility index (Phi) is 3.78. The summed E-state index contributed by atoms with van der Waals surface area (Å²) in [4.78, 5) is 0. The number of hydrogen-bond acceptors (Lipinski definition) is 3. The third-order valence-electron chi connectivity index (χ3n) is 3.97. The minimum atomic E-state index is -3.22. The first kappa shape index (κ1) is 13.6.